The predicted octanol–water partition coefficient (Wildman–Crippen LogP) is 5.47. The number of nitrogens with zero attached hydrogens (tertiary/aromatic N) is 4. The zero-order valence-corrected chi connectivity index (χ0v) is 24.0. The molecule has 0 atom stereocenters. The van der Waals surface area contributed by atoms with Crippen LogP contribution in [0.1, 0.15) is 0 Å². The molecule has 0 aliphatic carbocycles. The number of benzene rings is 6. The van der Waals surface area contributed by atoms with Gasteiger partial charge >= 0.3 is 0 Å². The van der Waals surface area contributed by atoms with Gasteiger partial charge in [0.15, 0.2) is 8.07 Å². The number of aromatic nitrogens is 4. The molecule has 0 aliphatic heterocycles. The fraction of sp³-hybridized carbons (Fsp3) is 0. The van der Waals surface area contributed by atoms with Crippen molar-refractivity contribution in [2.75, 3.05) is 0 Å². The molecule has 0 N–H and O–H groups in total. The van der Waals surface area contributed by atoms with Crippen molar-refractivity contribution in [3.8, 4) is 22.3 Å². The summed E-state index contributed by atoms with van der Waals surface area (Å²) in [7, 11) is -2.69. The summed E-state index contributed by atoms with van der Waals surface area (Å²) >= 11 is 0. The fourth-order valence-corrected chi connectivity index (χ4v) is 10.8. The molecule has 7 heteroatoms. The highest BCUT2D eigenvalue weighted by molar-refractivity contribution is 7.19. The summed E-state index contributed by atoms with van der Waals surface area (Å²) in [4.78, 5) is 0. The van der Waals surface area contributed by atoms with Gasteiger partial charge in [-0.15, -0.1) is 0 Å². The van der Waals surface area contributed by atoms with Gasteiger partial charge in [-0.2, -0.15) is 0 Å². The van der Waals surface area contributed by atoms with Crippen molar-refractivity contribution in [2.24, 2.45) is 0 Å². The highest BCUT2D eigenvalue weighted by atomic mass is 28.3. The highest BCUT2D eigenvalue weighted by Crippen LogP contribution is 2.25. The Bertz CT molecular complexity index is 2020. The van der Waals surface area contributed by atoms with Gasteiger partial charge in [-0.3, -0.25) is 0 Å². The van der Waals surface area contributed by atoms with E-state index in [2.05, 4.69) is 142 Å². The highest BCUT2D eigenvalue weighted by Gasteiger charge is 2.41. The van der Waals surface area contributed by atoms with Crippen LogP contribution in [0.25, 0.3) is 44.3 Å². The van der Waals surface area contributed by atoms with Crippen molar-refractivity contribution >= 4 is 50.9 Å². The largest absolute Gasteiger partial charge is 0.243 e. The first-order valence-electron chi connectivity index (χ1n) is 14.1. The molecular formula is C36H24N4O2Si. The maximum absolute atomic E-state index is 4.91. The van der Waals surface area contributed by atoms with Crippen LogP contribution in [0.2, 0.25) is 0 Å². The molecule has 0 saturated heterocycles. The molecule has 2 aromatic heterocycles. The van der Waals surface area contributed by atoms with Gasteiger partial charge in [0.05, 0.1) is 0 Å². The molecule has 8 rings (SSSR count). The Morgan fingerprint density at radius 3 is 1.09 bits per heavy atom. The normalized spacial score (nSPS) is 11.7. The quantitative estimate of drug-likeness (QED) is 0.194. The molecule has 204 valence electrons. The average molecular weight is 573 g/mol. The SMILES string of the molecule is c1ccc([Si](c2ccccc2)(c2ccc(-c3ccc4nonc4c3)cc2)c2ccc(-c3ccc4nonc4c3)cc2)cc1. The average Bonchev–Trinajstić information content (AvgIpc) is 3.76. The lowest BCUT2D eigenvalue weighted by atomic mass is 10.1. The summed E-state index contributed by atoms with van der Waals surface area (Å²) in [5, 5.41) is 21.2. The molecule has 0 aliphatic rings. The zero-order chi connectivity index (χ0) is 28.6. The molecule has 43 heavy (non-hydrogen) atoms. The van der Waals surface area contributed by atoms with Crippen LogP contribution in [0, 0.1) is 0 Å². The standard InChI is InChI=1S/C36H24N4O2Si/c1-3-7-29(8-4-1)43(30-9-5-2-6-10-30,31-17-11-25(12-18-31)27-15-21-33-35(23-27)39-41-37-33)32-19-13-26(14-20-32)28-16-22-34-36(24-28)40-42-38-34/h1-24H. The first-order valence-corrected chi connectivity index (χ1v) is 16.1. The fourth-order valence-electron chi connectivity index (χ4n) is 6.13. The first-order chi connectivity index (χ1) is 21.3. The van der Waals surface area contributed by atoms with Crippen LogP contribution in [0.4, 0.5) is 0 Å². The van der Waals surface area contributed by atoms with Gasteiger partial charge < -0.3 is 0 Å². The smallest absolute Gasteiger partial charge is 0.179 e. The van der Waals surface area contributed by atoms with Crippen LogP contribution in [0.15, 0.2) is 155 Å². The summed E-state index contributed by atoms with van der Waals surface area (Å²) in [6.07, 6.45) is 0. The number of rotatable bonds is 6. The van der Waals surface area contributed by atoms with Crippen molar-refractivity contribution in [1.29, 1.82) is 0 Å². The molecule has 0 bridgehead atoms. The van der Waals surface area contributed by atoms with Crippen molar-refractivity contribution in [2.45, 2.75) is 0 Å². The molecule has 0 unspecified atom stereocenters. The summed E-state index contributed by atoms with van der Waals surface area (Å²) in [6.45, 7) is 0. The number of hydrogen-bond acceptors (Lipinski definition) is 6. The van der Waals surface area contributed by atoms with Gasteiger partial charge in [0.25, 0.3) is 0 Å². The molecule has 0 fully saturated rings. The summed E-state index contributed by atoms with van der Waals surface area (Å²) in [5.74, 6) is 0. The van der Waals surface area contributed by atoms with Crippen LogP contribution in [0.5, 0.6) is 0 Å². The molecule has 6 aromatic carbocycles. The second-order valence-corrected chi connectivity index (χ2v) is 14.4. The number of hydrogen-bond donors (Lipinski definition) is 0. The van der Waals surface area contributed by atoms with Gasteiger partial charge in [-0.25, -0.2) is 9.26 Å². The first kappa shape index (κ1) is 25.1. The summed E-state index contributed by atoms with van der Waals surface area (Å²) < 4.78 is 9.83. The van der Waals surface area contributed by atoms with E-state index in [1.807, 2.05) is 24.3 Å². The van der Waals surface area contributed by atoms with E-state index >= 15 is 0 Å². The van der Waals surface area contributed by atoms with E-state index < -0.39 is 8.07 Å². The Balaban J connectivity index is 1.30. The van der Waals surface area contributed by atoms with Crippen LogP contribution in [-0.4, -0.2) is 28.7 Å². The molecule has 0 saturated carbocycles. The molecule has 0 spiro atoms. The zero-order valence-electron chi connectivity index (χ0n) is 23.0. The van der Waals surface area contributed by atoms with Crippen molar-refractivity contribution in [3.05, 3.63) is 146 Å². The van der Waals surface area contributed by atoms with E-state index in [4.69, 9.17) is 9.26 Å². The molecule has 8 aromatic rings. The predicted molar refractivity (Wildman–Crippen MR) is 172 cm³/mol. The maximum atomic E-state index is 4.91. The van der Waals surface area contributed by atoms with Crippen LogP contribution in [-0.2, 0) is 0 Å². The Morgan fingerprint density at radius 2 is 0.674 bits per heavy atom. The topological polar surface area (TPSA) is 77.8 Å². The monoisotopic (exact) mass is 572 g/mol. The van der Waals surface area contributed by atoms with Crippen LogP contribution >= 0.6 is 0 Å². The Kier molecular flexibility index (Phi) is 6.01. The van der Waals surface area contributed by atoms with E-state index in [0.717, 1.165) is 44.3 Å². The third-order valence-electron chi connectivity index (χ3n) is 8.22. The van der Waals surface area contributed by atoms with Gasteiger partial charge in [0.1, 0.15) is 22.1 Å². The van der Waals surface area contributed by atoms with Gasteiger partial charge in [-0.1, -0.05) is 121 Å². The Labute approximate surface area is 248 Å². The van der Waals surface area contributed by atoms with E-state index in [-0.39, 0.29) is 0 Å². The maximum Gasteiger partial charge on any atom is 0.179 e. The second-order valence-electron chi connectivity index (χ2n) is 10.6. The molecule has 0 radical (unpaired) electrons. The summed E-state index contributed by atoms with van der Waals surface area (Å²) in [6, 6.07) is 52.0. The molecule has 2 heterocycles. The van der Waals surface area contributed by atoms with E-state index in [9.17, 15) is 0 Å². The summed E-state index contributed by atoms with van der Waals surface area (Å²) in [5.41, 5.74) is 7.38. The molecular weight excluding hydrogens is 549 g/mol. The van der Waals surface area contributed by atoms with Gasteiger partial charge in [-0.05, 0) is 87.9 Å². The lowest BCUT2D eigenvalue weighted by molar-refractivity contribution is 0.315. The molecule has 0 amide bonds. The Hall–Kier alpha value is -5.66. The van der Waals surface area contributed by atoms with Crippen molar-refractivity contribution in [3.63, 3.8) is 0 Å². The third-order valence-corrected chi connectivity index (χ3v) is 13.0. The van der Waals surface area contributed by atoms with E-state index in [1.165, 1.54) is 20.7 Å². The minimum atomic E-state index is -2.69. The number of fused-ring (bicyclic) bond motifs is 2. The van der Waals surface area contributed by atoms with Gasteiger partial charge in [0, 0.05) is 0 Å². The van der Waals surface area contributed by atoms with E-state index in [0.29, 0.717) is 0 Å². The lowest BCUT2D eigenvalue weighted by Gasteiger charge is -2.34. The van der Waals surface area contributed by atoms with Crippen LogP contribution < -0.4 is 20.7 Å². The molecule has 6 nitrogen and oxygen atoms in total. The van der Waals surface area contributed by atoms with Gasteiger partial charge in [0.2, 0.25) is 0 Å². The van der Waals surface area contributed by atoms with E-state index in [1.54, 1.807) is 0 Å². The minimum absolute atomic E-state index is 0.748. The minimum Gasteiger partial charge on any atom is -0.243 e. The van der Waals surface area contributed by atoms with Crippen LogP contribution in [0.3, 0.4) is 0 Å². The van der Waals surface area contributed by atoms with Crippen molar-refractivity contribution < 1.29 is 9.26 Å². The Morgan fingerprint density at radius 1 is 0.326 bits per heavy atom. The third kappa shape index (κ3) is 4.26. The second kappa shape index (κ2) is 10.3. The van der Waals surface area contributed by atoms with Crippen molar-refractivity contribution in [1.82, 2.24) is 20.6 Å². The lowest BCUT2D eigenvalue weighted by Crippen LogP contribution is -2.74.